The summed E-state index contributed by atoms with van der Waals surface area (Å²) in [5, 5.41) is 5.64. The first-order valence-corrected chi connectivity index (χ1v) is 15.8. The summed E-state index contributed by atoms with van der Waals surface area (Å²) in [5.41, 5.74) is 1.70. The van der Waals surface area contributed by atoms with Crippen LogP contribution in [0.4, 0.5) is 11.4 Å². The van der Waals surface area contributed by atoms with E-state index in [4.69, 9.17) is 14.5 Å². The number of ketones is 1. The molecule has 10 nitrogen and oxygen atoms in total. The zero-order valence-corrected chi connectivity index (χ0v) is 25.2. The molecular weight excluding hydrogens is 592 g/mol. The number of fused-ring (bicyclic) bond motifs is 2. The molecule has 1 fully saturated rings. The lowest BCUT2D eigenvalue weighted by Gasteiger charge is -2.45. The standard InChI is InChI=1S/C34H30N4O6S/c39-30(19-37-26-12-6-5-11-24(26)31(40)32(37)41)38(18-29-36-25(20-45-29)22-9-3-1-4-10-22)34(15-7-2-8-16-34)33(42)35-23-13-14-27-28(17-23)44-21-43-27/h1,3-6,9-14,17,20H,2,7-8,15-16,18-19,21H2,(H,35,42). The van der Waals surface area contributed by atoms with Gasteiger partial charge in [-0.1, -0.05) is 61.7 Å². The molecule has 228 valence electrons. The molecule has 3 aliphatic rings. The fourth-order valence-corrected chi connectivity index (χ4v) is 7.13. The number of carbonyl (C=O) groups excluding carboxylic acids is 4. The Bertz CT molecular complexity index is 1800. The van der Waals surface area contributed by atoms with Gasteiger partial charge in [-0.15, -0.1) is 11.3 Å². The molecule has 1 aromatic heterocycles. The third-order valence-corrected chi connectivity index (χ3v) is 9.47. The van der Waals surface area contributed by atoms with E-state index in [0.717, 1.165) is 30.5 Å². The Balaban J connectivity index is 1.24. The van der Waals surface area contributed by atoms with Crippen molar-refractivity contribution >= 4 is 46.2 Å². The van der Waals surface area contributed by atoms with E-state index in [1.54, 1.807) is 47.4 Å². The van der Waals surface area contributed by atoms with Crippen LogP contribution in [0, 0.1) is 0 Å². The van der Waals surface area contributed by atoms with Gasteiger partial charge >= 0.3 is 0 Å². The maximum absolute atomic E-state index is 14.4. The van der Waals surface area contributed by atoms with Crippen molar-refractivity contribution in [1.82, 2.24) is 9.88 Å². The summed E-state index contributed by atoms with van der Waals surface area (Å²) >= 11 is 1.41. The van der Waals surface area contributed by atoms with Crippen LogP contribution in [0.25, 0.3) is 11.3 Å². The van der Waals surface area contributed by atoms with E-state index < -0.39 is 23.1 Å². The summed E-state index contributed by atoms with van der Waals surface area (Å²) in [5.74, 6) is -1.03. The van der Waals surface area contributed by atoms with Crippen LogP contribution in [0.5, 0.6) is 11.5 Å². The topological polar surface area (TPSA) is 118 Å². The third-order valence-electron chi connectivity index (χ3n) is 8.64. The van der Waals surface area contributed by atoms with E-state index in [2.05, 4.69) is 5.32 Å². The second-order valence-electron chi connectivity index (χ2n) is 11.3. The Morgan fingerprint density at radius 2 is 1.69 bits per heavy atom. The third kappa shape index (κ3) is 5.33. The van der Waals surface area contributed by atoms with E-state index in [-0.39, 0.29) is 31.4 Å². The molecule has 3 amide bonds. The van der Waals surface area contributed by atoms with Gasteiger partial charge in [0, 0.05) is 22.7 Å². The first kappa shape index (κ1) is 28.7. The minimum absolute atomic E-state index is 0.0719. The number of para-hydroxylation sites is 1. The molecule has 1 N–H and O–H groups in total. The van der Waals surface area contributed by atoms with Crippen molar-refractivity contribution in [2.75, 3.05) is 23.6 Å². The molecule has 11 heteroatoms. The van der Waals surface area contributed by atoms with Gasteiger partial charge in [-0.25, -0.2) is 4.98 Å². The van der Waals surface area contributed by atoms with E-state index in [1.807, 2.05) is 35.7 Å². The summed E-state index contributed by atoms with van der Waals surface area (Å²) in [4.78, 5) is 62.2. The lowest BCUT2D eigenvalue weighted by molar-refractivity contribution is -0.148. The van der Waals surface area contributed by atoms with Crippen LogP contribution in [-0.4, -0.2) is 52.3 Å². The average molecular weight is 623 g/mol. The number of nitrogens with one attached hydrogen (secondary N) is 1. The van der Waals surface area contributed by atoms with Crippen molar-refractivity contribution in [1.29, 1.82) is 0 Å². The van der Waals surface area contributed by atoms with Gasteiger partial charge in [0.2, 0.25) is 18.6 Å². The summed E-state index contributed by atoms with van der Waals surface area (Å²) in [7, 11) is 0. The van der Waals surface area contributed by atoms with Crippen molar-refractivity contribution in [2.45, 2.75) is 44.2 Å². The highest BCUT2D eigenvalue weighted by atomic mass is 32.1. The van der Waals surface area contributed by atoms with Crippen molar-refractivity contribution < 1.29 is 28.7 Å². The number of amides is 3. The maximum Gasteiger partial charge on any atom is 0.299 e. The van der Waals surface area contributed by atoms with Gasteiger partial charge in [0.15, 0.2) is 11.5 Å². The summed E-state index contributed by atoms with van der Waals surface area (Å²) in [6.07, 6.45) is 3.30. The molecule has 0 radical (unpaired) electrons. The zero-order valence-electron chi connectivity index (χ0n) is 24.4. The van der Waals surface area contributed by atoms with E-state index in [9.17, 15) is 19.2 Å². The number of aromatic nitrogens is 1. The van der Waals surface area contributed by atoms with E-state index >= 15 is 0 Å². The number of rotatable bonds is 8. The van der Waals surface area contributed by atoms with Crippen LogP contribution in [0.1, 0.15) is 47.5 Å². The monoisotopic (exact) mass is 622 g/mol. The molecule has 0 spiro atoms. The smallest absolute Gasteiger partial charge is 0.299 e. The molecule has 1 saturated carbocycles. The number of benzene rings is 3. The van der Waals surface area contributed by atoms with Crippen molar-refractivity contribution in [3.63, 3.8) is 0 Å². The van der Waals surface area contributed by atoms with Crippen LogP contribution in [0.15, 0.2) is 78.2 Å². The highest BCUT2D eigenvalue weighted by molar-refractivity contribution is 7.09. The largest absolute Gasteiger partial charge is 0.454 e. The highest BCUT2D eigenvalue weighted by Gasteiger charge is 2.48. The predicted molar refractivity (Wildman–Crippen MR) is 168 cm³/mol. The minimum atomic E-state index is -1.21. The first-order valence-electron chi connectivity index (χ1n) is 14.9. The maximum atomic E-state index is 14.4. The van der Waals surface area contributed by atoms with Gasteiger partial charge in [0.1, 0.15) is 17.1 Å². The number of hydrogen-bond donors (Lipinski definition) is 1. The fourth-order valence-electron chi connectivity index (χ4n) is 6.34. The van der Waals surface area contributed by atoms with Crippen LogP contribution in [0.3, 0.4) is 0 Å². The highest BCUT2D eigenvalue weighted by Crippen LogP contribution is 2.39. The Kier molecular flexibility index (Phi) is 7.54. The number of nitrogens with zero attached hydrogens (tertiary/aromatic N) is 3. The van der Waals surface area contributed by atoms with Gasteiger partial charge in [-0.2, -0.15) is 0 Å². The molecule has 0 saturated heterocycles. The van der Waals surface area contributed by atoms with E-state index in [0.29, 0.717) is 40.7 Å². The average Bonchev–Trinajstić information content (AvgIpc) is 3.80. The number of anilines is 2. The molecule has 0 unspecified atom stereocenters. The van der Waals surface area contributed by atoms with Gasteiger partial charge in [-0.3, -0.25) is 24.1 Å². The Hall–Kier alpha value is -5.03. The molecule has 45 heavy (non-hydrogen) atoms. The van der Waals surface area contributed by atoms with Crippen molar-refractivity contribution in [3.8, 4) is 22.8 Å². The number of hydrogen-bond acceptors (Lipinski definition) is 8. The molecule has 1 aliphatic carbocycles. The molecular formula is C34H30N4O6S. The van der Waals surface area contributed by atoms with Crippen LogP contribution in [-0.2, 0) is 20.9 Å². The van der Waals surface area contributed by atoms with Crippen molar-refractivity contribution in [2.24, 2.45) is 0 Å². The van der Waals surface area contributed by atoms with Crippen LogP contribution >= 0.6 is 11.3 Å². The molecule has 3 aromatic carbocycles. The van der Waals surface area contributed by atoms with Gasteiger partial charge in [-0.05, 0) is 37.1 Å². The minimum Gasteiger partial charge on any atom is -0.454 e. The normalized spacial score (nSPS) is 16.4. The lowest BCUT2D eigenvalue weighted by Crippen LogP contribution is -2.61. The molecule has 3 heterocycles. The van der Waals surface area contributed by atoms with Gasteiger partial charge in [0.25, 0.3) is 11.7 Å². The Morgan fingerprint density at radius 3 is 2.51 bits per heavy atom. The molecule has 4 aromatic rings. The second-order valence-corrected chi connectivity index (χ2v) is 12.3. The second kappa shape index (κ2) is 11.8. The molecule has 2 aliphatic heterocycles. The number of ether oxygens (including phenoxy) is 2. The molecule has 0 atom stereocenters. The van der Waals surface area contributed by atoms with Crippen molar-refractivity contribution in [3.05, 3.63) is 88.7 Å². The number of Topliss-reactive ketones (excluding diaryl/α,β-unsaturated/α-hetero) is 1. The van der Waals surface area contributed by atoms with Crippen LogP contribution in [0.2, 0.25) is 0 Å². The quantitative estimate of drug-likeness (QED) is 0.260. The molecule has 0 bridgehead atoms. The number of carbonyl (C=O) groups is 4. The predicted octanol–water partition coefficient (Wildman–Crippen LogP) is 5.44. The lowest BCUT2D eigenvalue weighted by atomic mass is 9.79. The Labute approximate surface area is 263 Å². The zero-order chi connectivity index (χ0) is 31.0. The van der Waals surface area contributed by atoms with Gasteiger partial charge in [0.05, 0.1) is 23.5 Å². The Morgan fingerprint density at radius 1 is 0.933 bits per heavy atom. The molecule has 7 rings (SSSR count). The first-order chi connectivity index (χ1) is 21.9. The summed E-state index contributed by atoms with van der Waals surface area (Å²) < 4.78 is 10.9. The van der Waals surface area contributed by atoms with E-state index in [1.165, 1.54) is 16.2 Å². The summed E-state index contributed by atoms with van der Waals surface area (Å²) in [6.45, 7) is -0.196. The summed E-state index contributed by atoms with van der Waals surface area (Å²) in [6, 6.07) is 21.6. The van der Waals surface area contributed by atoms with Crippen LogP contribution < -0.4 is 19.7 Å². The number of thiazole rings is 1. The van der Waals surface area contributed by atoms with Gasteiger partial charge < -0.3 is 19.7 Å². The SMILES string of the molecule is O=C1C(=O)N(CC(=O)N(Cc2nc(-c3ccccc3)cs2)C2(C(=O)Nc3ccc4c(c3)OCO4)CCCCC2)c2ccccc21. The fraction of sp³-hybridized carbons (Fsp3) is 0.265.